The second-order valence-corrected chi connectivity index (χ2v) is 8.64. The molecule has 4 rings (SSSR count). The Balaban J connectivity index is 1.81. The summed E-state index contributed by atoms with van der Waals surface area (Å²) in [6, 6.07) is 9.71. The third-order valence-electron chi connectivity index (χ3n) is 4.35. The molecule has 1 amide bonds. The normalized spacial score (nSPS) is 14.5. The van der Waals surface area contributed by atoms with Crippen LogP contribution in [0.15, 0.2) is 47.5 Å². The first-order valence-corrected chi connectivity index (χ1v) is 9.99. The van der Waals surface area contributed by atoms with E-state index in [1.165, 1.54) is 12.3 Å². The van der Waals surface area contributed by atoms with E-state index in [4.69, 9.17) is 11.6 Å². The van der Waals surface area contributed by atoms with Crippen LogP contribution in [0.5, 0.6) is 0 Å². The number of halogens is 1. The minimum absolute atomic E-state index is 0.00866. The number of aryl methyl sites for hydroxylation is 1. The number of fused-ring (bicyclic) bond motifs is 1. The molecule has 26 heavy (non-hydrogen) atoms. The average molecular weight is 390 g/mol. The van der Waals surface area contributed by atoms with Crippen molar-refractivity contribution < 1.29 is 13.2 Å². The number of carbonyl (C=O) groups excluding carboxylic acids is 1. The molecule has 0 radical (unpaired) electrons. The van der Waals surface area contributed by atoms with Gasteiger partial charge in [-0.2, -0.15) is 0 Å². The Morgan fingerprint density at radius 2 is 1.92 bits per heavy atom. The quantitative estimate of drug-likeness (QED) is 0.739. The van der Waals surface area contributed by atoms with E-state index in [9.17, 15) is 13.2 Å². The number of nitrogens with one attached hydrogen (secondary N) is 1. The van der Waals surface area contributed by atoms with Crippen molar-refractivity contribution in [1.29, 1.82) is 0 Å². The van der Waals surface area contributed by atoms with Crippen molar-refractivity contribution in [2.75, 3.05) is 5.32 Å². The zero-order valence-corrected chi connectivity index (χ0v) is 15.5. The van der Waals surface area contributed by atoms with Crippen LogP contribution in [-0.4, -0.2) is 23.3 Å². The first-order chi connectivity index (χ1) is 12.4. The Morgan fingerprint density at radius 3 is 2.58 bits per heavy atom. The lowest BCUT2D eigenvalue weighted by Gasteiger charge is -2.09. The van der Waals surface area contributed by atoms with E-state index in [2.05, 4.69) is 10.3 Å². The molecular formula is C18H16ClN3O3S. The van der Waals surface area contributed by atoms with Gasteiger partial charge >= 0.3 is 0 Å². The van der Waals surface area contributed by atoms with Gasteiger partial charge in [0.25, 0.3) is 10.0 Å². The van der Waals surface area contributed by atoms with Crippen LogP contribution in [0.2, 0.25) is 5.02 Å². The topological polar surface area (TPSA) is 81.1 Å². The van der Waals surface area contributed by atoms with Gasteiger partial charge in [0.1, 0.15) is 5.82 Å². The number of hydrogen-bond donors (Lipinski definition) is 1. The largest absolute Gasteiger partial charge is 0.310 e. The number of aromatic nitrogens is 2. The van der Waals surface area contributed by atoms with Crippen molar-refractivity contribution >= 4 is 44.4 Å². The molecule has 0 aliphatic heterocycles. The van der Waals surface area contributed by atoms with Gasteiger partial charge in [-0.05, 0) is 38.0 Å². The minimum Gasteiger partial charge on any atom is -0.310 e. The lowest BCUT2D eigenvalue weighted by atomic mass is 10.2. The Labute approximate surface area is 155 Å². The third-order valence-corrected chi connectivity index (χ3v) is 6.34. The monoisotopic (exact) mass is 389 g/mol. The summed E-state index contributed by atoms with van der Waals surface area (Å²) in [5, 5.41) is 3.55. The molecule has 0 unspecified atom stereocenters. The van der Waals surface area contributed by atoms with Crippen molar-refractivity contribution in [2.24, 2.45) is 5.92 Å². The first kappa shape index (κ1) is 17.1. The number of carbonyl (C=O) groups is 1. The zero-order valence-electron chi connectivity index (χ0n) is 13.9. The summed E-state index contributed by atoms with van der Waals surface area (Å²) < 4.78 is 27.0. The average Bonchev–Trinajstić information content (AvgIpc) is 3.35. The van der Waals surface area contributed by atoms with Gasteiger partial charge in [-0.25, -0.2) is 17.4 Å². The van der Waals surface area contributed by atoms with Gasteiger partial charge in [0, 0.05) is 23.6 Å². The summed E-state index contributed by atoms with van der Waals surface area (Å²) in [5.74, 6) is 0.139. The van der Waals surface area contributed by atoms with Gasteiger partial charge in [0.2, 0.25) is 5.91 Å². The second-order valence-electron chi connectivity index (χ2n) is 6.42. The molecule has 0 bridgehead atoms. The predicted octanol–water partition coefficient (Wildman–Crippen LogP) is 3.58. The third kappa shape index (κ3) is 2.97. The van der Waals surface area contributed by atoms with E-state index in [1.807, 2.05) is 6.92 Å². The van der Waals surface area contributed by atoms with Gasteiger partial charge in [-0.3, -0.25) is 4.79 Å². The highest BCUT2D eigenvalue weighted by Gasteiger charge is 2.30. The number of anilines is 1. The molecule has 1 fully saturated rings. The van der Waals surface area contributed by atoms with Crippen molar-refractivity contribution in [1.82, 2.24) is 8.96 Å². The number of rotatable bonds is 4. The zero-order chi connectivity index (χ0) is 18.5. The van der Waals surface area contributed by atoms with E-state index in [0.717, 1.165) is 22.4 Å². The Hall–Kier alpha value is -2.38. The first-order valence-electron chi connectivity index (χ1n) is 8.17. The van der Waals surface area contributed by atoms with Crippen LogP contribution in [0.4, 0.5) is 5.82 Å². The fraction of sp³-hybridized carbons (Fsp3) is 0.222. The number of amides is 1. The highest BCUT2D eigenvalue weighted by atomic mass is 35.5. The predicted molar refractivity (Wildman–Crippen MR) is 99.9 cm³/mol. The molecule has 3 aromatic rings. The fourth-order valence-corrected chi connectivity index (χ4v) is 4.25. The van der Waals surface area contributed by atoms with Crippen molar-refractivity contribution in [3.8, 4) is 0 Å². The summed E-state index contributed by atoms with van der Waals surface area (Å²) in [7, 11) is -3.82. The van der Waals surface area contributed by atoms with Crippen LogP contribution in [0, 0.1) is 12.8 Å². The van der Waals surface area contributed by atoms with Crippen LogP contribution in [0.1, 0.15) is 18.4 Å². The van der Waals surface area contributed by atoms with E-state index in [-0.39, 0.29) is 28.2 Å². The number of hydrogen-bond acceptors (Lipinski definition) is 4. The van der Waals surface area contributed by atoms with E-state index in [0.29, 0.717) is 10.4 Å². The number of nitrogens with zero attached hydrogens (tertiary/aromatic N) is 2. The van der Waals surface area contributed by atoms with Gasteiger partial charge in [-0.15, -0.1) is 0 Å². The fourth-order valence-electron chi connectivity index (χ4n) is 2.70. The van der Waals surface area contributed by atoms with Crippen LogP contribution < -0.4 is 5.32 Å². The smallest absolute Gasteiger partial charge is 0.269 e. The van der Waals surface area contributed by atoms with Crippen molar-refractivity contribution in [3.63, 3.8) is 0 Å². The maximum Gasteiger partial charge on any atom is 0.269 e. The summed E-state index contributed by atoms with van der Waals surface area (Å²) in [4.78, 5) is 16.5. The Morgan fingerprint density at radius 1 is 1.23 bits per heavy atom. The molecule has 1 aliphatic rings. The molecule has 1 saturated carbocycles. The summed E-state index contributed by atoms with van der Waals surface area (Å²) in [6.07, 6.45) is 3.14. The Bertz CT molecular complexity index is 1120. The maximum absolute atomic E-state index is 13.0. The lowest BCUT2D eigenvalue weighted by molar-refractivity contribution is -0.117. The minimum atomic E-state index is -3.82. The summed E-state index contributed by atoms with van der Waals surface area (Å²) in [6.45, 7) is 1.89. The summed E-state index contributed by atoms with van der Waals surface area (Å²) >= 11 is 6.27. The molecule has 134 valence electrons. The summed E-state index contributed by atoms with van der Waals surface area (Å²) in [5.41, 5.74) is 1.15. The lowest BCUT2D eigenvalue weighted by Crippen LogP contribution is -2.16. The van der Waals surface area contributed by atoms with Crippen LogP contribution in [0.25, 0.3) is 11.0 Å². The second kappa shape index (κ2) is 6.10. The molecule has 1 N–H and O–H groups in total. The van der Waals surface area contributed by atoms with Crippen LogP contribution in [-0.2, 0) is 14.8 Å². The standard InChI is InChI=1S/C18H16ClN3O3S/c1-11-2-6-13(7-3-11)26(24,25)22-9-8-14-15(19)10-16(20-17(14)22)21-18(23)12-4-5-12/h2-3,6-10,12H,4-5H2,1H3,(H,20,21,23). The molecule has 0 spiro atoms. The van der Waals surface area contributed by atoms with Gasteiger partial charge in [0.15, 0.2) is 5.65 Å². The van der Waals surface area contributed by atoms with Gasteiger partial charge in [-0.1, -0.05) is 29.3 Å². The van der Waals surface area contributed by atoms with E-state index in [1.54, 1.807) is 30.3 Å². The molecule has 1 aromatic carbocycles. The molecular weight excluding hydrogens is 374 g/mol. The van der Waals surface area contributed by atoms with E-state index >= 15 is 0 Å². The number of benzene rings is 1. The highest BCUT2D eigenvalue weighted by molar-refractivity contribution is 7.90. The Kier molecular flexibility index (Phi) is 4.00. The van der Waals surface area contributed by atoms with Crippen molar-refractivity contribution in [3.05, 3.63) is 53.2 Å². The molecule has 8 heteroatoms. The van der Waals surface area contributed by atoms with Gasteiger partial charge < -0.3 is 5.32 Å². The SMILES string of the molecule is Cc1ccc(S(=O)(=O)n2ccc3c(Cl)cc(NC(=O)C4CC4)nc32)cc1. The molecule has 2 aromatic heterocycles. The molecule has 2 heterocycles. The highest BCUT2D eigenvalue weighted by Crippen LogP contribution is 2.32. The molecule has 1 aliphatic carbocycles. The molecule has 6 nitrogen and oxygen atoms in total. The molecule has 0 saturated heterocycles. The van der Waals surface area contributed by atoms with Gasteiger partial charge in [0.05, 0.1) is 9.92 Å². The molecule has 0 atom stereocenters. The maximum atomic E-state index is 13.0. The number of pyridine rings is 1. The van der Waals surface area contributed by atoms with E-state index < -0.39 is 10.0 Å². The van der Waals surface area contributed by atoms with Crippen molar-refractivity contribution in [2.45, 2.75) is 24.7 Å². The van der Waals surface area contributed by atoms with Crippen LogP contribution >= 0.6 is 11.6 Å². The van der Waals surface area contributed by atoms with Crippen LogP contribution in [0.3, 0.4) is 0 Å².